The molecule has 0 spiro atoms. The molecule has 0 heterocycles. The Labute approximate surface area is 128 Å². The quantitative estimate of drug-likeness (QED) is 0.810. The number of hydrogen-bond donors (Lipinski definition) is 2. The number of nitrogens with two attached hydrogens (primary N) is 1. The van der Waals surface area contributed by atoms with Crippen molar-refractivity contribution in [2.75, 3.05) is 13.1 Å². The van der Waals surface area contributed by atoms with Gasteiger partial charge in [0.15, 0.2) is 0 Å². The number of hydrogen-bond acceptors (Lipinski definition) is 3. The molecule has 0 aliphatic heterocycles. The van der Waals surface area contributed by atoms with Crippen LogP contribution in [-0.2, 0) is 4.79 Å². The van der Waals surface area contributed by atoms with Gasteiger partial charge in [-0.1, -0.05) is 43.7 Å². The number of aliphatic hydroxyl groups excluding tert-OH is 1. The standard InChI is InChI=1S/C17H28N2O2/c1-5-19(17(21)15(18)10-12(2)3)11-16(20)14-8-6-13(4)7-9-14/h6-9,12,15-16,20H,5,10-11,18H2,1-4H3/t15-,16?/m0/s1. The number of aryl methyl sites for hydroxylation is 1. The first-order chi connectivity index (χ1) is 9.85. The molecule has 0 fully saturated rings. The van der Waals surface area contributed by atoms with Gasteiger partial charge in [-0.05, 0) is 31.7 Å². The molecule has 1 aromatic rings. The van der Waals surface area contributed by atoms with Gasteiger partial charge in [0, 0.05) is 6.54 Å². The summed E-state index contributed by atoms with van der Waals surface area (Å²) in [5.74, 6) is 0.294. The first kappa shape index (κ1) is 17.7. The normalized spacial score (nSPS) is 14.0. The Balaban J connectivity index is 2.68. The van der Waals surface area contributed by atoms with Crippen LogP contribution in [0.1, 0.15) is 44.4 Å². The fourth-order valence-corrected chi connectivity index (χ4v) is 2.32. The third kappa shape index (κ3) is 5.48. The molecule has 0 aliphatic carbocycles. The van der Waals surface area contributed by atoms with E-state index in [1.165, 1.54) is 0 Å². The summed E-state index contributed by atoms with van der Waals surface area (Å²) in [5.41, 5.74) is 7.93. The van der Waals surface area contributed by atoms with Crippen LogP contribution in [0, 0.1) is 12.8 Å². The molecule has 0 aliphatic rings. The lowest BCUT2D eigenvalue weighted by Gasteiger charge is -2.27. The van der Waals surface area contributed by atoms with Crippen LogP contribution in [0.2, 0.25) is 0 Å². The van der Waals surface area contributed by atoms with Gasteiger partial charge >= 0.3 is 0 Å². The van der Waals surface area contributed by atoms with E-state index in [0.717, 1.165) is 11.1 Å². The molecular formula is C17H28N2O2. The molecule has 1 amide bonds. The minimum atomic E-state index is -0.680. The highest BCUT2D eigenvalue weighted by Crippen LogP contribution is 2.16. The first-order valence-corrected chi connectivity index (χ1v) is 7.64. The van der Waals surface area contributed by atoms with E-state index in [9.17, 15) is 9.90 Å². The van der Waals surface area contributed by atoms with Gasteiger partial charge in [0.25, 0.3) is 0 Å². The van der Waals surface area contributed by atoms with Crippen LogP contribution in [0.25, 0.3) is 0 Å². The highest BCUT2D eigenvalue weighted by atomic mass is 16.3. The summed E-state index contributed by atoms with van der Waals surface area (Å²) in [6.07, 6.45) is -0.0172. The smallest absolute Gasteiger partial charge is 0.239 e. The Morgan fingerprint density at radius 1 is 1.29 bits per heavy atom. The van der Waals surface area contributed by atoms with E-state index in [0.29, 0.717) is 18.9 Å². The van der Waals surface area contributed by atoms with Crippen molar-refractivity contribution in [1.82, 2.24) is 4.90 Å². The number of likely N-dealkylation sites (N-methyl/N-ethyl adjacent to an activating group) is 1. The van der Waals surface area contributed by atoms with Crippen molar-refractivity contribution >= 4 is 5.91 Å². The van der Waals surface area contributed by atoms with Crippen molar-refractivity contribution in [2.45, 2.75) is 46.3 Å². The maximum absolute atomic E-state index is 12.3. The molecule has 1 aromatic carbocycles. The molecule has 3 N–H and O–H groups in total. The Kier molecular flexibility index (Phi) is 6.85. The van der Waals surface area contributed by atoms with Crippen LogP contribution in [0.4, 0.5) is 0 Å². The largest absolute Gasteiger partial charge is 0.387 e. The average Bonchev–Trinajstić information content (AvgIpc) is 2.43. The number of benzene rings is 1. The molecule has 2 atom stereocenters. The monoisotopic (exact) mass is 292 g/mol. The fourth-order valence-electron chi connectivity index (χ4n) is 2.32. The molecule has 0 saturated heterocycles. The molecule has 1 unspecified atom stereocenters. The third-order valence-corrected chi connectivity index (χ3v) is 3.59. The zero-order valence-corrected chi connectivity index (χ0v) is 13.5. The molecule has 0 radical (unpaired) electrons. The maximum atomic E-state index is 12.3. The summed E-state index contributed by atoms with van der Waals surface area (Å²) in [4.78, 5) is 14.0. The van der Waals surface area contributed by atoms with E-state index in [-0.39, 0.29) is 12.5 Å². The number of carbonyl (C=O) groups is 1. The molecule has 118 valence electrons. The highest BCUT2D eigenvalue weighted by Gasteiger charge is 2.23. The Hall–Kier alpha value is -1.39. The second-order valence-electron chi connectivity index (χ2n) is 6.04. The van der Waals surface area contributed by atoms with Gasteiger partial charge in [0.1, 0.15) is 0 Å². The van der Waals surface area contributed by atoms with E-state index < -0.39 is 12.1 Å². The Morgan fingerprint density at radius 3 is 2.33 bits per heavy atom. The molecule has 4 heteroatoms. The predicted molar refractivity (Wildman–Crippen MR) is 85.8 cm³/mol. The lowest BCUT2D eigenvalue weighted by atomic mass is 10.0. The van der Waals surface area contributed by atoms with Crippen LogP contribution >= 0.6 is 0 Å². The van der Waals surface area contributed by atoms with Gasteiger partial charge in [0.05, 0.1) is 18.7 Å². The van der Waals surface area contributed by atoms with E-state index in [4.69, 9.17) is 5.73 Å². The second kappa shape index (κ2) is 8.15. The Bertz CT molecular complexity index is 443. The Morgan fingerprint density at radius 2 is 1.86 bits per heavy atom. The number of aliphatic hydroxyl groups is 1. The summed E-state index contributed by atoms with van der Waals surface area (Å²) in [5, 5.41) is 10.3. The van der Waals surface area contributed by atoms with Gasteiger partial charge in [-0.2, -0.15) is 0 Å². The topological polar surface area (TPSA) is 66.6 Å². The van der Waals surface area contributed by atoms with Crippen molar-refractivity contribution in [3.05, 3.63) is 35.4 Å². The van der Waals surface area contributed by atoms with E-state index >= 15 is 0 Å². The summed E-state index contributed by atoms with van der Waals surface area (Å²) in [7, 11) is 0. The van der Waals surface area contributed by atoms with Crippen molar-refractivity contribution < 1.29 is 9.90 Å². The van der Waals surface area contributed by atoms with Gasteiger partial charge < -0.3 is 15.7 Å². The first-order valence-electron chi connectivity index (χ1n) is 7.64. The fraction of sp³-hybridized carbons (Fsp3) is 0.588. The zero-order chi connectivity index (χ0) is 16.0. The molecule has 21 heavy (non-hydrogen) atoms. The van der Waals surface area contributed by atoms with E-state index in [2.05, 4.69) is 0 Å². The van der Waals surface area contributed by atoms with Crippen molar-refractivity contribution in [2.24, 2.45) is 11.7 Å². The lowest BCUT2D eigenvalue weighted by Crippen LogP contribution is -2.45. The van der Waals surface area contributed by atoms with Crippen LogP contribution < -0.4 is 5.73 Å². The van der Waals surface area contributed by atoms with Crippen molar-refractivity contribution in [3.63, 3.8) is 0 Å². The molecule has 1 rings (SSSR count). The number of nitrogens with zero attached hydrogens (tertiary/aromatic N) is 1. The number of amides is 1. The van der Waals surface area contributed by atoms with Gasteiger partial charge in [-0.25, -0.2) is 0 Å². The highest BCUT2D eigenvalue weighted by molar-refractivity contribution is 5.81. The van der Waals surface area contributed by atoms with Crippen molar-refractivity contribution in [1.29, 1.82) is 0 Å². The molecule has 0 aromatic heterocycles. The van der Waals surface area contributed by atoms with E-state index in [1.54, 1.807) is 4.90 Å². The molecule has 0 bridgehead atoms. The molecule has 4 nitrogen and oxygen atoms in total. The molecular weight excluding hydrogens is 264 g/mol. The van der Waals surface area contributed by atoms with Crippen LogP contribution in [0.15, 0.2) is 24.3 Å². The van der Waals surface area contributed by atoms with Crippen LogP contribution in [0.3, 0.4) is 0 Å². The van der Waals surface area contributed by atoms with Crippen LogP contribution in [-0.4, -0.2) is 35.0 Å². The lowest BCUT2D eigenvalue weighted by molar-refractivity contribution is -0.134. The number of carbonyl (C=O) groups excluding carboxylic acids is 1. The minimum Gasteiger partial charge on any atom is -0.387 e. The zero-order valence-electron chi connectivity index (χ0n) is 13.5. The molecule has 0 saturated carbocycles. The predicted octanol–water partition coefficient (Wildman–Crippen LogP) is 2.25. The summed E-state index contributed by atoms with van der Waals surface area (Å²) in [6.45, 7) is 8.83. The van der Waals surface area contributed by atoms with E-state index in [1.807, 2.05) is 52.0 Å². The summed E-state index contributed by atoms with van der Waals surface area (Å²) >= 11 is 0. The summed E-state index contributed by atoms with van der Waals surface area (Å²) in [6, 6.07) is 7.22. The maximum Gasteiger partial charge on any atom is 0.239 e. The van der Waals surface area contributed by atoms with Gasteiger partial charge in [0.2, 0.25) is 5.91 Å². The van der Waals surface area contributed by atoms with Gasteiger partial charge in [-0.3, -0.25) is 4.79 Å². The average molecular weight is 292 g/mol. The van der Waals surface area contributed by atoms with Crippen LogP contribution in [0.5, 0.6) is 0 Å². The summed E-state index contributed by atoms with van der Waals surface area (Å²) < 4.78 is 0. The van der Waals surface area contributed by atoms with Crippen molar-refractivity contribution in [3.8, 4) is 0 Å². The second-order valence-corrected chi connectivity index (χ2v) is 6.04. The minimum absolute atomic E-state index is 0.0858. The van der Waals surface area contributed by atoms with Gasteiger partial charge in [-0.15, -0.1) is 0 Å². The SMILES string of the molecule is CCN(CC(O)c1ccc(C)cc1)C(=O)[C@@H](N)CC(C)C. The third-order valence-electron chi connectivity index (χ3n) is 3.59. The number of rotatable bonds is 7.